The van der Waals surface area contributed by atoms with Gasteiger partial charge in [0.1, 0.15) is 0 Å². The second-order valence-corrected chi connectivity index (χ2v) is 6.61. The van der Waals surface area contributed by atoms with E-state index in [1.54, 1.807) is 0 Å². The molecule has 19 heavy (non-hydrogen) atoms. The molecule has 0 aromatic rings. The largest absolute Gasteiger partial charge is 0.314 e. The first-order chi connectivity index (χ1) is 9.28. The quantitative estimate of drug-likeness (QED) is 0.796. The maximum Gasteiger partial charge on any atom is 0.00914 e. The summed E-state index contributed by atoms with van der Waals surface area (Å²) in [5.41, 5.74) is 0. The van der Waals surface area contributed by atoms with Crippen molar-refractivity contribution in [3.05, 3.63) is 0 Å². The van der Waals surface area contributed by atoms with Gasteiger partial charge in [-0.25, -0.2) is 0 Å². The van der Waals surface area contributed by atoms with Crippen molar-refractivity contribution in [1.29, 1.82) is 0 Å². The summed E-state index contributed by atoms with van der Waals surface area (Å²) >= 11 is 0. The number of hydrogen-bond acceptors (Lipinski definition) is 3. The highest BCUT2D eigenvalue weighted by molar-refractivity contribution is 4.78. The third-order valence-corrected chi connectivity index (χ3v) is 4.96. The van der Waals surface area contributed by atoms with Crippen LogP contribution in [-0.4, -0.2) is 62.2 Å². The predicted octanol–water partition coefficient (Wildman–Crippen LogP) is 2.18. The fraction of sp³-hybridized carbons (Fsp3) is 1.00. The molecular formula is C16H33N3. The summed E-state index contributed by atoms with van der Waals surface area (Å²) in [4.78, 5) is 5.17. The van der Waals surface area contributed by atoms with Gasteiger partial charge in [0.15, 0.2) is 0 Å². The molecule has 3 nitrogen and oxygen atoms in total. The van der Waals surface area contributed by atoms with Crippen LogP contribution in [0.25, 0.3) is 0 Å². The summed E-state index contributed by atoms with van der Waals surface area (Å²) in [6, 6.07) is 0.791. The lowest BCUT2D eigenvalue weighted by atomic mass is 9.93. The van der Waals surface area contributed by atoms with Gasteiger partial charge < -0.3 is 15.1 Å². The Balaban J connectivity index is 1.55. The molecule has 2 aliphatic heterocycles. The van der Waals surface area contributed by atoms with Gasteiger partial charge in [-0.1, -0.05) is 6.92 Å². The molecule has 0 bridgehead atoms. The van der Waals surface area contributed by atoms with Gasteiger partial charge in [0.05, 0.1) is 0 Å². The number of nitrogens with one attached hydrogen (secondary N) is 1. The molecule has 0 radical (unpaired) electrons. The topological polar surface area (TPSA) is 18.5 Å². The smallest absolute Gasteiger partial charge is 0.00914 e. The Morgan fingerprint density at radius 3 is 2.32 bits per heavy atom. The molecule has 1 N–H and O–H groups in total. The molecule has 0 aliphatic carbocycles. The lowest BCUT2D eigenvalue weighted by Gasteiger charge is -2.34. The Bertz CT molecular complexity index is 228. The van der Waals surface area contributed by atoms with E-state index >= 15 is 0 Å². The summed E-state index contributed by atoms with van der Waals surface area (Å²) in [6.07, 6.45) is 8.24. The van der Waals surface area contributed by atoms with Crippen LogP contribution in [0.3, 0.4) is 0 Å². The number of piperidine rings is 2. The highest BCUT2D eigenvalue weighted by atomic mass is 15.1. The fourth-order valence-corrected chi connectivity index (χ4v) is 3.43. The van der Waals surface area contributed by atoms with Gasteiger partial charge in [-0.2, -0.15) is 0 Å². The Morgan fingerprint density at radius 2 is 1.68 bits per heavy atom. The molecule has 3 heteroatoms. The van der Waals surface area contributed by atoms with Gasteiger partial charge >= 0.3 is 0 Å². The maximum atomic E-state index is 3.67. The third-order valence-electron chi connectivity index (χ3n) is 4.96. The summed E-state index contributed by atoms with van der Waals surface area (Å²) < 4.78 is 0. The summed E-state index contributed by atoms with van der Waals surface area (Å²) in [5, 5.41) is 3.67. The Labute approximate surface area is 119 Å². The molecule has 112 valence electrons. The first kappa shape index (κ1) is 15.3. The van der Waals surface area contributed by atoms with Crippen LogP contribution in [0, 0.1) is 5.92 Å². The van der Waals surface area contributed by atoms with Crippen LogP contribution < -0.4 is 5.32 Å². The minimum atomic E-state index is 0.791. The van der Waals surface area contributed by atoms with Crippen LogP contribution in [0.5, 0.6) is 0 Å². The molecule has 0 atom stereocenters. The lowest BCUT2D eigenvalue weighted by molar-refractivity contribution is 0.161. The van der Waals surface area contributed by atoms with Gasteiger partial charge in [-0.3, -0.25) is 0 Å². The SMILES string of the molecule is CCCNC1CCN(CCC2CCN(C)CC2)CC1. The standard InChI is InChI=1S/C16H33N3/c1-3-9-17-16-7-13-19(14-8-16)12-6-15-4-10-18(2)11-5-15/h15-17H,3-14H2,1-2H3. The van der Waals surface area contributed by atoms with Gasteiger partial charge in [0.25, 0.3) is 0 Å². The van der Waals surface area contributed by atoms with E-state index in [1.807, 2.05) is 0 Å². The molecule has 2 aliphatic rings. The Morgan fingerprint density at radius 1 is 1.00 bits per heavy atom. The normalized spacial score (nSPS) is 24.9. The molecule has 2 fully saturated rings. The maximum absolute atomic E-state index is 3.67. The number of rotatable bonds is 6. The summed E-state index contributed by atoms with van der Waals surface area (Å²) in [5.74, 6) is 0.993. The number of likely N-dealkylation sites (tertiary alicyclic amines) is 2. The van der Waals surface area contributed by atoms with Crippen molar-refractivity contribution < 1.29 is 0 Å². The van der Waals surface area contributed by atoms with Gasteiger partial charge in [-0.05, 0) is 90.8 Å². The number of hydrogen-bond donors (Lipinski definition) is 1. The van der Waals surface area contributed by atoms with Gasteiger partial charge in [0.2, 0.25) is 0 Å². The molecule has 2 saturated heterocycles. The molecule has 2 heterocycles. The average Bonchev–Trinajstić information content (AvgIpc) is 2.46. The van der Waals surface area contributed by atoms with Crippen molar-refractivity contribution in [2.75, 3.05) is 46.3 Å². The summed E-state index contributed by atoms with van der Waals surface area (Å²) in [7, 11) is 2.25. The monoisotopic (exact) mass is 267 g/mol. The molecule has 2 rings (SSSR count). The highest BCUT2D eigenvalue weighted by Gasteiger charge is 2.21. The summed E-state index contributed by atoms with van der Waals surface area (Å²) in [6.45, 7) is 10.0. The number of nitrogens with zero attached hydrogens (tertiary/aromatic N) is 2. The van der Waals surface area contributed by atoms with E-state index in [4.69, 9.17) is 0 Å². The molecule has 0 aromatic carbocycles. The molecule has 0 aromatic heterocycles. The third kappa shape index (κ3) is 5.41. The van der Waals surface area contributed by atoms with E-state index in [1.165, 1.54) is 77.8 Å². The highest BCUT2D eigenvalue weighted by Crippen LogP contribution is 2.20. The lowest BCUT2D eigenvalue weighted by Crippen LogP contribution is -2.43. The van der Waals surface area contributed by atoms with Gasteiger partial charge in [-0.15, -0.1) is 0 Å². The molecule has 0 unspecified atom stereocenters. The van der Waals surface area contributed by atoms with Crippen molar-refractivity contribution in [3.8, 4) is 0 Å². The van der Waals surface area contributed by atoms with E-state index < -0.39 is 0 Å². The van der Waals surface area contributed by atoms with Crippen LogP contribution in [-0.2, 0) is 0 Å². The van der Waals surface area contributed by atoms with Gasteiger partial charge in [0, 0.05) is 6.04 Å². The van der Waals surface area contributed by atoms with Crippen molar-refractivity contribution in [1.82, 2.24) is 15.1 Å². The van der Waals surface area contributed by atoms with E-state index in [0.29, 0.717) is 0 Å². The molecule has 0 spiro atoms. The van der Waals surface area contributed by atoms with Crippen LogP contribution in [0.2, 0.25) is 0 Å². The van der Waals surface area contributed by atoms with E-state index in [9.17, 15) is 0 Å². The van der Waals surface area contributed by atoms with Crippen molar-refractivity contribution >= 4 is 0 Å². The van der Waals surface area contributed by atoms with Crippen molar-refractivity contribution in [3.63, 3.8) is 0 Å². The zero-order valence-electron chi connectivity index (χ0n) is 13.0. The average molecular weight is 267 g/mol. The molecule has 0 saturated carbocycles. The minimum Gasteiger partial charge on any atom is -0.314 e. The fourth-order valence-electron chi connectivity index (χ4n) is 3.43. The predicted molar refractivity (Wildman–Crippen MR) is 82.6 cm³/mol. The van der Waals surface area contributed by atoms with Crippen LogP contribution >= 0.6 is 0 Å². The first-order valence-electron chi connectivity index (χ1n) is 8.42. The zero-order valence-corrected chi connectivity index (χ0v) is 13.0. The zero-order chi connectivity index (χ0) is 13.5. The molecular weight excluding hydrogens is 234 g/mol. The second-order valence-electron chi connectivity index (χ2n) is 6.61. The minimum absolute atomic E-state index is 0.791. The van der Waals surface area contributed by atoms with Crippen LogP contribution in [0.4, 0.5) is 0 Å². The second kappa shape index (κ2) is 8.23. The first-order valence-corrected chi connectivity index (χ1v) is 8.42. The van der Waals surface area contributed by atoms with Crippen molar-refractivity contribution in [2.24, 2.45) is 5.92 Å². The van der Waals surface area contributed by atoms with Crippen LogP contribution in [0.1, 0.15) is 45.4 Å². The van der Waals surface area contributed by atoms with Crippen molar-refractivity contribution in [2.45, 2.75) is 51.5 Å². The van der Waals surface area contributed by atoms with E-state index in [2.05, 4.69) is 29.1 Å². The Hall–Kier alpha value is -0.120. The van der Waals surface area contributed by atoms with Crippen LogP contribution in [0.15, 0.2) is 0 Å². The van der Waals surface area contributed by atoms with E-state index in [0.717, 1.165) is 12.0 Å². The molecule has 0 amide bonds. The Kier molecular flexibility index (Phi) is 6.62. The van der Waals surface area contributed by atoms with E-state index in [-0.39, 0.29) is 0 Å².